The highest BCUT2D eigenvalue weighted by Gasteiger charge is 2.34. The Labute approximate surface area is 215 Å². The molecule has 3 heterocycles. The van der Waals surface area contributed by atoms with Crippen LogP contribution in [0, 0.1) is 11.3 Å². The molecule has 0 unspecified atom stereocenters. The van der Waals surface area contributed by atoms with Crippen molar-refractivity contribution in [3.05, 3.63) is 52.4 Å². The summed E-state index contributed by atoms with van der Waals surface area (Å²) in [6.45, 7) is 7.55. The molecule has 190 valence electrons. The second-order valence-corrected chi connectivity index (χ2v) is 10.1. The van der Waals surface area contributed by atoms with Crippen molar-refractivity contribution in [1.29, 1.82) is 5.26 Å². The number of ether oxygens (including phenoxy) is 1. The Bertz CT molecular complexity index is 1160. The minimum atomic E-state index is -0.592. The zero-order valence-electron chi connectivity index (χ0n) is 20.6. The van der Waals surface area contributed by atoms with Gasteiger partial charge in [-0.2, -0.15) is 5.26 Å². The molecule has 2 aliphatic heterocycles. The van der Waals surface area contributed by atoms with Crippen molar-refractivity contribution in [2.75, 3.05) is 31.1 Å². The summed E-state index contributed by atoms with van der Waals surface area (Å²) in [6.07, 6.45) is 0.325. The molecule has 1 fully saturated rings. The average Bonchev–Trinajstić information content (AvgIpc) is 2.83. The van der Waals surface area contributed by atoms with Crippen LogP contribution in [-0.2, 0) is 22.5 Å². The van der Waals surface area contributed by atoms with Gasteiger partial charge in [-0.05, 0) is 50.9 Å². The van der Waals surface area contributed by atoms with Gasteiger partial charge >= 0.3 is 12.1 Å². The number of nitrogens with zero attached hydrogens (tertiary/aromatic N) is 6. The number of nitriles is 1. The quantitative estimate of drug-likeness (QED) is 0.567. The molecule has 10 nitrogen and oxygen atoms in total. The first-order valence-corrected chi connectivity index (χ1v) is 12.2. The molecule has 0 radical (unpaired) electrons. The third kappa shape index (κ3) is 6.04. The highest BCUT2D eigenvalue weighted by Crippen LogP contribution is 2.30. The largest absolute Gasteiger partial charge is 0.444 e. The lowest BCUT2D eigenvalue weighted by Crippen LogP contribution is -2.54. The van der Waals surface area contributed by atoms with E-state index in [4.69, 9.17) is 21.2 Å². The van der Waals surface area contributed by atoms with Crippen molar-refractivity contribution in [3.63, 3.8) is 0 Å². The number of carbonyl (C=O) groups is 2. The molecule has 4 rings (SSSR count). The molecule has 2 aromatic rings. The topological polar surface area (TPSA) is 112 Å². The number of amides is 1. The van der Waals surface area contributed by atoms with Gasteiger partial charge in [-0.25, -0.2) is 19.6 Å². The number of carbonyl (C=O) groups excluding carboxylic acids is 2. The van der Waals surface area contributed by atoms with Gasteiger partial charge in [0, 0.05) is 25.2 Å². The summed E-state index contributed by atoms with van der Waals surface area (Å²) in [5.74, 6) is 0.225. The summed E-state index contributed by atoms with van der Waals surface area (Å²) in [6, 6.07) is 10.6. The van der Waals surface area contributed by atoms with E-state index in [1.165, 1.54) is 0 Å². The molecule has 1 saturated heterocycles. The van der Waals surface area contributed by atoms with Crippen LogP contribution in [0.5, 0.6) is 0 Å². The van der Waals surface area contributed by atoms with E-state index in [0.29, 0.717) is 49.7 Å². The maximum Gasteiger partial charge on any atom is 0.410 e. The van der Waals surface area contributed by atoms with Gasteiger partial charge in [-0.3, -0.25) is 0 Å². The predicted octanol–water partition coefficient (Wildman–Crippen LogP) is 3.60. The van der Waals surface area contributed by atoms with Crippen molar-refractivity contribution in [2.45, 2.75) is 51.8 Å². The van der Waals surface area contributed by atoms with Gasteiger partial charge in [0.15, 0.2) is 0 Å². The number of hydrogen-bond donors (Lipinski definition) is 0. The Kier molecular flexibility index (Phi) is 7.62. The summed E-state index contributed by atoms with van der Waals surface area (Å²) in [7, 11) is 0. The number of hydrogen-bond acceptors (Lipinski definition) is 9. The number of hydroxylamine groups is 2. The number of fused-ring (bicyclic) bond motifs is 1. The fourth-order valence-corrected chi connectivity index (χ4v) is 4.46. The summed E-state index contributed by atoms with van der Waals surface area (Å²) in [5, 5.41) is 11.1. The Morgan fingerprint density at radius 2 is 1.92 bits per heavy atom. The van der Waals surface area contributed by atoms with E-state index in [-0.39, 0.29) is 24.3 Å². The van der Waals surface area contributed by atoms with E-state index in [2.05, 4.69) is 16.0 Å². The second kappa shape index (κ2) is 10.7. The molecule has 0 spiro atoms. The minimum absolute atomic E-state index is 0.0876. The van der Waals surface area contributed by atoms with Crippen LogP contribution in [0.1, 0.15) is 48.8 Å². The fraction of sp³-hybridized carbons (Fsp3) is 0.480. The lowest BCUT2D eigenvalue weighted by molar-refractivity contribution is -0.140. The average molecular weight is 513 g/mol. The molecule has 1 aromatic heterocycles. The van der Waals surface area contributed by atoms with Crippen LogP contribution in [-0.4, -0.2) is 69.8 Å². The van der Waals surface area contributed by atoms with Gasteiger partial charge in [-0.15, -0.1) is 5.06 Å². The van der Waals surface area contributed by atoms with Gasteiger partial charge < -0.3 is 19.4 Å². The summed E-state index contributed by atoms with van der Waals surface area (Å²) >= 11 is 6.28. The third-order valence-electron chi connectivity index (χ3n) is 5.93. The number of anilines is 1. The van der Waals surface area contributed by atoms with E-state index < -0.39 is 17.7 Å². The molecule has 1 amide bonds. The van der Waals surface area contributed by atoms with Gasteiger partial charge in [-0.1, -0.05) is 18.2 Å². The van der Waals surface area contributed by atoms with Crippen LogP contribution < -0.4 is 4.90 Å². The van der Waals surface area contributed by atoms with E-state index in [1.54, 1.807) is 34.2 Å². The van der Waals surface area contributed by atoms with Crippen LogP contribution in [0.25, 0.3) is 0 Å². The van der Waals surface area contributed by atoms with E-state index in [0.717, 1.165) is 5.56 Å². The SMILES string of the molecule is CC(C)(C)OC(=O)N1CCc2c(nc(Cl)nc2N2CCN(OC(=O)c3ccccc3)[C@@H](CC#N)C2)C1. The zero-order valence-corrected chi connectivity index (χ0v) is 21.4. The van der Waals surface area contributed by atoms with Crippen LogP contribution in [0.15, 0.2) is 30.3 Å². The van der Waals surface area contributed by atoms with Gasteiger partial charge in [0.25, 0.3) is 0 Å². The number of aromatic nitrogens is 2. The Morgan fingerprint density at radius 1 is 1.17 bits per heavy atom. The molecule has 36 heavy (non-hydrogen) atoms. The van der Waals surface area contributed by atoms with Crippen molar-refractivity contribution in [3.8, 4) is 6.07 Å². The molecule has 11 heteroatoms. The molecule has 1 aromatic carbocycles. The van der Waals surface area contributed by atoms with Crippen LogP contribution in [0.4, 0.5) is 10.6 Å². The van der Waals surface area contributed by atoms with E-state index in [9.17, 15) is 14.9 Å². The highest BCUT2D eigenvalue weighted by atomic mass is 35.5. The Balaban J connectivity index is 1.50. The number of rotatable bonds is 4. The van der Waals surface area contributed by atoms with E-state index in [1.807, 2.05) is 31.7 Å². The maximum absolute atomic E-state index is 12.6. The molecular formula is C25H29ClN6O4. The molecule has 0 aliphatic carbocycles. The van der Waals surface area contributed by atoms with Crippen molar-refractivity contribution in [1.82, 2.24) is 19.9 Å². The van der Waals surface area contributed by atoms with Crippen molar-refractivity contribution in [2.24, 2.45) is 0 Å². The maximum atomic E-state index is 12.6. The zero-order chi connectivity index (χ0) is 25.9. The molecule has 2 aliphatic rings. The molecule has 0 bridgehead atoms. The first kappa shape index (κ1) is 25.7. The lowest BCUT2D eigenvalue weighted by atomic mass is 10.0. The van der Waals surface area contributed by atoms with Crippen molar-refractivity contribution >= 4 is 29.5 Å². The summed E-state index contributed by atoms with van der Waals surface area (Å²) < 4.78 is 5.51. The summed E-state index contributed by atoms with van der Waals surface area (Å²) in [5.41, 5.74) is 1.45. The standard InChI is InChI=1S/C25H29ClN6O4/c1-25(2,3)35-24(34)31-12-10-19-20(16-31)28-23(26)29-21(19)30-13-14-32(18(15-30)9-11-27)36-22(33)17-7-5-4-6-8-17/h4-8,18H,9-10,12-16H2,1-3H3/t18-/m0/s1. The first-order valence-electron chi connectivity index (χ1n) is 11.8. The molecule has 0 N–H and O–H groups in total. The van der Waals surface area contributed by atoms with Gasteiger partial charge in [0.05, 0.1) is 42.9 Å². The second-order valence-electron chi connectivity index (χ2n) is 9.74. The third-order valence-corrected chi connectivity index (χ3v) is 6.10. The van der Waals surface area contributed by atoms with Gasteiger partial charge in [0.1, 0.15) is 11.4 Å². The predicted molar refractivity (Wildman–Crippen MR) is 132 cm³/mol. The number of piperazine rings is 1. The van der Waals surface area contributed by atoms with Gasteiger partial charge in [0.2, 0.25) is 5.28 Å². The monoisotopic (exact) mass is 512 g/mol. The number of benzene rings is 1. The smallest absolute Gasteiger partial charge is 0.410 e. The van der Waals surface area contributed by atoms with Crippen molar-refractivity contribution < 1.29 is 19.2 Å². The first-order chi connectivity index (χ1) is 17.1. The minimum Gasteiger partial charge on any atom is -0.444 e. The Morgan fingerprint density at radius 3 is 2.61 bits per heavy atom. The molecule has 1 atom stereocenters. The lowest BCUT2D eigenvalue weighted by Gasteiger charge is -2.40. The normalized spacial score (nSPS) is 18.2. The number of halogens is 1. The highest BCUT2D eigenvalue weighted by molar-refractivity contribution is 6.28. The van der Waals surface area contributed by atoms with Crippen LogP contribution in [0.2, 0.25) is 5.28 Å². The molecule has 0 saturated carbocycles. The Hall–Kier alpha value is -3.42. The van der Waals surface area contributed by atoms with Crippen LogP contribution in [0.3, 0.4) is 0 Å². The van der Waals surface area contributed by atoms with Crippen LogP contribution >= 0.6 is 11.6 Å². The van der Waals surface area contributed by atoms with E-state index >= 15 is 0 Å². The molecular weight excluding hydrogens is 484 g/mol. The fourth-order valence-electron chi connectivity index (χ4n) is 4.28. The summed E-state index contributed by atoms with van der Waals surface area (Å²) in [4.78, 5) is 43.4.